The van der Waals surface area contributed by atoms with Crippen LogP contribution in [0.15, 0.2) is 29.1 Å². The van der Waals surface area contributed by atoms with Crippen LogP contribution in [0.5, 0.6) is 17.2 Å². The van der Waals surface area contributed by atoms with Gasteiger partial charge in [0.2, 0.25) is 17.1 Å². The Bertz CT molecular complexity index is 1050. The number of carbonyl (C=O) groups excluding carboxylic acids is 1. The summed E-state index contributed by atoms with van der Waals surface area (Å²) in [5, 5.41) is 6.26. The van der Waals surface area contributed by atoms with E-state index in [4.69, 9.17) is 14.2 Å². The minimum Gasteiger partial charge on any atom is -0.493 e. The van der Waals surface area contributed by atoms with E-state index in [0.717, 1.165) is 41.6 Å². The third-order valence-corrected chi connectivity index (χ3v) is 5.76. The number of amides is 1. The minimum absolute atomic E-state index is 0.111. The molecule has 0 aromatic heterocycles. The molecule has 1 aliphatic carbocycles. The SMILES string of the molecule is CCCCNc1ccc2c(cc1=O)C(NC(C)=O)CCc1cc(OC)c(OC)c(OC)c1-2. The predicted octanol–water partition coefficient (Wildman–Crippen LogP) is 4.08. The Labute approximate surface area is 189 Å². The first kappa shape index (κ1) is 23.4. The fourth-order valence-corrected chi connectivity index (χ4v) is 4.25. The molecule has 172 valence electrons. The van der Waals surface area contributed by atoms with E-state index in [2.05, 4.69) is 17.6 Å². The Morgan fingerprint density at radius 1 is 1.09 bits per heavy atom. The van der Waals surface area contributed by atoms with E-state index in [1.54, 1.807) is 27.4 Å². The number of ether oxygens (including phenoxy) is 3. The van der Waals surface area contributed by atoms with Crippen LogP contribution in [0.3, 0.4) is 0 Å². The number of rotatable bonds is 8. The van der Waals surface area contributed by atoms with E-state index in [1.807, 2.05) is 18.2 Å². The lowest BCUT2D eigenvalue weighted by atomic mass is 9.95. The lowest BCUT2D eigenvalue weighted by Crippen LogP contribution is -2.26. The normalized spacial score (nSPS) is 14.5. The highest BCUT2D eigenvalue weighted by atomic mass is 16.5. The second-order valence-corrected chi connectivity index (χ2v) is 7.88. The number of benzene rings is 1. The van der Waals surface area contributed by atoms with Gasteiger partial charge < -0.3 is 24.8 Å². The van der Waals surface area contributed by atoms with Gasteiger partial charge in [-0.05, 0) is 54.2 Å². The van der Waals surface area contributed by atoms with Gasteiger partial charge in [0, 0.05) is 19.0 Å². The third-order valence-electron chi connectivity index (χ3n) is 5.76. The Balaban J connectivity index is 2.31. The van der Waals surface area contributed by atoms with Crippen LogP contribution < -0.4 is 30.3 Å². The van der Waals surface area contributed by atoms with E-state index in [0.29, 0.717) is 35.8 Å². The Morgan fingerprint density at radius 3 is 2.47 bits per heavy atom. The number of methoxy groups -OCH3 is 3. The summed E-state index contributed by atoms with van der Waals surface area (Å²) < 4.78 is 16.9. The summed E-state index contributed by atoms with van der Waals surface area (Å²) in [5.74, 6) is 1.47. The molecule has 32 heavy (non-hydrogen) atoms. The zero-order chi connectivity index (χ0) is 23.3. The molecule has 1 atom stereocenters. The lowest BCUT2D eigenvalue weighted by Gasteiger charge is -2.19. The Morgan fingerprint density at radius 2 is 1.84 bits per heavy atom. The Hall–Kier alpha value is -3.22. The van der Waals surface area contributed by atoms with Crippen molar-refractivity contribution in [2.24, 2.45) is 0 Å². The second-order valence-electron chi connectivity index (χ2n) is 7.88. The van der Waals surface area contributed by atoms with Crippen molar-refractivity contribution in [1.82, 2.24) is 5.32 Å². The summed E-state index contributed by atoms with van der Waals surface area (Å²) in [5.41, 5.74) is 3.87. The highest BCUT2D eigenvalue weighted by Crippen LogP contribution is 2.50. The van der Waals surface area contributed by atoms with Crippen molar-refractivity contribution < 1.29 is 19.0 Å². The van der Waals surface area contributed by atoms with Gasteiger partial charge in [-0.1, -0.05) is 19.4 Å². The highest BCUT2D eigenvalue weighted by molar-refractivity contribution is 5.83. The Kier molecular flexibility index (Phi) is 7.62. The van der Waals surface area contributed by atoms with E-state index in [1.165, 1.54) is 6.92 Å². The first-order valence-corrected chi connectivity index (χ1v) is 11.0. The molecule has 1 amide bonds. The molecule has 0 bridgehead atoms. The van der Waals surface area contributed by atoms with Gasteiger partial charge in [0.05, 0.1) is 33.1 Å². The van der Waals surface area contributed by atoms with Crippen molar-refractivity contribution in [2.75, 3.05) is 33.2 Å². The average molecular weight is 441 g/mol. The van der Waals surface area contributed by atoms with E-state index in [-0.39, 0.29) is 17.4 Å². The standard InChI is InChI=1S/C25H32N2O5/c1-6-7-12-26-20-11-9-17-18(14-21(20)29)19(27-15(2)28)10-8-16-13-22(30-3)24(31-4)25(32-5)23(16)17/h9,11,13-14,19H,6-8,10,12H2,1-5H3,(H,26,29)(H,27,28). The fourth-order valence-electron chi connectivity index (χ4n) is 4.25. The number of unbranched alkanes of at least 4 members (excludes halogenated alkanes) is 1. The molecule has 0 saturated heterocycles. The number of anilines is 1. The van der Waals surface area contributed by atoms with Crippen molar-refractivity contribution in [3.05, 3.63) is 45.6 Å². The molecule has 2 N–H and O–H groups in total. The number of carbonyl (C=O) groups is 1. The second kappa shape index (κ2) is 10.4. The summed E-state index contributed by atoms with van der Waals surface area (Å²) >= 11 is 0. The van der Waals surface area contributed by atoms with Crippen LogP contribution in [0.2, 0.25) is 0 Å². The molecule has 7 nitrogen and oxygen atoms in total. The number of fused-ring (bicyclic) bond motifs is 3. The molecule has 1 unspecified atom stereocenters. The van der Waals surface area contributed by atoms with Gasteiger partial charge in [0.25, 0.3) is 0 Å². The topological polar surface area (TPSA) is 85.9 Å². The smallest absolute Gasteiger partial charge is 0.217 e. The minimum atomic E-state index is -0.305. The van der Waals surface area contributed by atoms with E-state index < -0.39 is 0 Å². The molecule has 3 rings (SSSR count). The molecule has 7 heteroatoms. The van der Waals surface area contributed by atoms with Crippen LogP contribution in [0, 0.1) is 0 Å². The molecule has 0 radical (unpaired) electrons. The summed E-state index contributed by atoms with van der Waals surface area (Å²) in [7, 11) is 4.75. The van der Waals surface area contributed by atoms with E-state index >= 15 is 0 Å². The van der Waals surface area contributed by atoms with Crippen molar-refractivity contribution in [3.63, 3.8) is 0 Å². The summed E-state index contributed by atoms with van der Waals surface area (Å²) in [6.07, 6.45) is 3.32. The number of hydrogen-bond acceptors (Lipinski definition) is 6. The maximum atomic E-state index is 13.1. The molecule has 1 aliphatic rings. The molecule has 0 fully saturated rings. The largest absolute Gasteiger partial charge is 0.493 e. The molecular formula is C25H32N2O5. The quantitative estimate of drug-likeness (QED) is 0.602. The summed E-state index contributed by atoms with van der Waals surface area (Å²) in [6, 6.07) is 7.02. The van der Waals surface area contributed by atoms with Gasteiger partial charge in [-0.15, -0.1) is 0 Å². The molecule has 2 aromatic rings. The molecular weight excluding hydrogens is 408 g/mol. The first-order valence-electron chi connectivity index (χ1n) is 11.0. The van der Waals surface area contributed by atoms with Crippen LogP contribution in [-0.2, 0) is 11.2 Å². The first-order chi connectivity index (χ1) is 15.4. The van der Waals surface area contributed by atoms with Crippen LogP contribution in [0.25, 0.3) is 11.1 Å². The zero-order valence-corrected chi connectivity index (χ0v) is 19.5. The van der Waals surface area contributed by atoms with Crippen LogP contribution in [-0.4, -0.2) is 33.8 Å². The predicted molar refractivity (Wildman–Crippen MR) is 126 cm³/mol. The van der Waals surface area contributed by atoms with Gasteiger partial charge in [-0.3, -0.25) is 9.59 Å². The van der Waals surface area contributed by atoms with Crippen molar-refractivity contribution in [3.8, 4) is 28.4 Å². The molecule has 2 aromatic carbocycles. The molecule has 0 heterocycles. The maximum absolute atomic E-state index is 13.1. The van der Waals surface area contributed by atoms with Crippen molar-refractivity contribution in [2.45, 2.75) is 45.6 Å². The number of hydrogen-bond donors (Lipinski definition) is 2. The monoisotopic (exact) mass is 440 g/mol. The van der Waals surface area contributed by atoms with Gasteiger partial charge in [-0.2, -0.15) is 0 Å². The highest BCUT2D eigenvalue weighted by Gasteiger charge is 2.29. The lowest BCUT2D eigenvalue weighted by molar-refractivity contribution is -0.119. The van der Waals surface area contributed by atoms with Gasteiger partial charge in [0.1, 0.15) is 0 Å². The molecule has 0 aliphatic heterocycles. The third kappa shape index (κ3) is 4.66. The van der Waals surface area contributed by atoms with Crippen molar-refractivity contribution in [1.29, 1.82) is 0 Å². The van der Waals surface area contributed by atoms with Crippen LogP contribution >= 0.6 is 0 Å². The van der Waals surface area contributed by atoms with Gasteiger partial charge in [0.15, 0.2) is 11.5 Å². The number of aryl methyl sites for hydroxylation is 1. The fraction of sp³-hybridized carbons (Fsp3) is 0.440. The van der Waals surface area contributed by atoms with Gasteiger partial charge >= 0.3 is 0 Å². The molecule has 0 spiro atoms. The summed E-state index contributed by atoms with van der Waals surface area (Å²) in [6.45, 7) is 4.32. The van der Waals surface area contributed by atoms with E-state index in [9.17, 15) is 9.59 Å². The average Bonchev–Trinajstić information content (AvgIpc) is 3.02. The van der Waals surface area contributed by atoms with Crippen molar-refractivity contribution >= 4 is 11.6 Å². The van der Waals surface area contributed by atoms with Gasteiger partial charge in [-0.25, -0.2) is 0 Å². The van der Waals surface area contributed by atoms with Crippen LogP contribution in [0.1, 0.15) is 50.3 Å². The zero-order valence-electron chi connectivity index (χ0n) is 19.5. The molecule has 0 saturated carbocycles. The maximum Gasteiger partial charge on any atom is 0.217 e. The number of nitrogens with one attached hydrogen (secondary N) is 2. The summed E-state index contributed by atoms with van der Waals surface area (Å²) in [4.78, 5) is 25.0. The van der Waals surface area contributed by atoms with Crippen LogP contribution in [0.4, 0.5) is 5.69 Å².